The second kappa shape index (κ2) is 9.15. The Morgan fingerprint density at radius 1 is 1.14 bits per heavy atom. The highest BCUT2D eigenvalue weighted by Crippen LogP contribution is 2.27. The first-order chi connectivity index (χ1) is 17.0. The molecule has 4 aromatic heterocycles. The van der Waals surface area contributed by atoms with E-state index in [0.717, 1.165) is 17.1 Å². The van der Waals surface area contributed by atoms with Gasteiger partial charge in [0.1, 0.15) is 11.2 Å². The molecule has 0 radical (unpaired) electrons. The van der Waals surface area contributed by atoms with Gasteiger partial charge in [0.15, 0.2) is 17.3 Å². The number of ether oxygens (including phenoxy) is 1. The van der Waals surface area contributed by atoms with Crippen LogP contribution in [0.15, 0.2) is 59.5 Å². The van der Waals surface area contributed by atoms with Gasteiger partial charge in [-0.25, -0.2) is 9.37 Å². The van der Waals surface area contributed by atoms with Gasteiger partial charge in [-0.1, -0.05) is 18.2 Å². The minimum absolute atomic E-state index is 0.00281. The summed E-state index contributed by atoms with van der Waals surface area (Å²) in [6.07, 6.45) is 1.63. The van der Waals surface area contributed by atoms with Crippen molar-refractivity contribution in [3.8, 4) is 0 Å². The number of carbonyl (C=O) groups is 1. The van der Waals surface area contributed by atoms with Gasteiger partial charge in [-0.3, -0.25) is 19.0 Å². The van der Waals surface area contributed by atoms with Crippen LogP contribution >= 0.6 is 0 Å². The third-order valence-electron chi connectivity index (χ3n) is 5.86. The predicted molar refractivity (Wildman–Crippen MR) is 131 cm³/mol. The molecule has 0 saturated carbocycles. The summed E-state index contributed by atoms with van der Waals surface area (Å²) in [5.74, 6) is -1.26. The minimum atomic E-state index is -0.689. The Balaban J connectivity index is 1.75. The van der Waals surface area contributed by atoms with Gasteiger partial charge in [0, 0.05) is 26.9 Å². The average Bonchev–Trinajstić information content (AvgIpc) is 3.17. The average molecular weight is 474 g/mol. The molecule has 1 amide bonds. The van der Waals surface area contributed by atoms with Gasteiger partial charge in [0.05, 0.1) is 35.3 Å². The molecule has 0 saturated heterocycles. The summed E-state index contributed by atoms with van der Waals surface area (Å²) in [6, 6.07) is 14.0. The van der Waals surface area contributed by atoms with Crippen LogP contribution < -0.4 is 16.1 Å². The van der Waals surface area contributed by atoms with Crippen LogP contribution in [0.2, 0.25) is 0 Å². The standard InChI is InChI=1S/C25H23FN6O3/c1-31-18-8-3-4-9-19(18)32-23-16(13-17(26)22(30-23)28-11-12-35-2)21(33)20(25(31)32)24(34)29-14-15-7-5-6-10-27-15/h3-10,13H,11-12,14H2,1-2H3,(H,28,30)(H,29,34). The van der Waals surface area contributed by atoms with Crippen LogP contribution in [0.25, 0.3) is 27.7 Å². The summed E-state index contributed by atoms with van der Waals surface area (Å²) in [6.45, 7) is 0.841. The summed E-state index contributed by atoms with van der Waals surface area (Å²) < 4.78 is 23.4. The van der Waals surface area contributed by atoms with Crippen molar-refractivity contribution >= 4 is 39.4 Å². The van der Waals surface area contributed by atoms with Crippen molar-refractivity contribution in [3.63, 3.8) is 0 Å². The topological polar surface area (TPSA) is 103 Å². The Hall–Kier alpha value is -4.31. The van der Waals surface area contributed by atoms with Crippen molar-refractivity contribution in [2.75, 3.05) is 25.6 Å². The van der Waals surface area contributed by atoms with Gasteiger partial charge in [-0.05, 0) is 30.3 Å². The maximum atomic E-state index is 14.9. The van der Waals surface area contributed by atoms with Crippen LogP contribution in [0.5, 0.6) is 0 Å². The van der Waals surface area contributed by atoms with E-state index in [2.05, 4.69) is 20.6 Å². The monoisotopic (exact) mass is 474 g/mol. The van der Waals surface area contributed by atoms with Crippen molar-refractivity contribution in [1.29, 1.82) is 0 Å². The lowest BCUT2D eigenvalue weighted by Gasteiger charge is -2.12. The van der Waals surface area contributed by atoms with Gasteiger partial charge >= 0.3 is 0 Å². The second-order valence-electron chi connectivity index (χ2n) is 8.02. The molecule has 0 unspecified atom stereocenters. The van der Waals surface area contributed by atoms with E-state index in [1.807, 2.05) is 30.3 Å². The van der Waals surface area contributed by atoms with Crippen LogP contribution in [0.4, 0.5) is 10.2 Å². The molecular weight excluding hydrogens is 451 g/mol. The second-order valence-corrected chi connectivity index (χ2v) is 8.02. The SMILES string of the molecule is COCCNc1nc2c(cc1F)c(=O)c(C(=O)NCc1ccccn1)c1n(C)c3ccccc3n21. The molecule has 1 aromatic carbocycles. The summed E-state index contributed by atoms with van der Waals surface area (Å²) >= 11 is 0. The Kier molecular flexibility index (Phi) is 5.87. The third kappa shape index (κ3) is 3.87. The Labute approximate surface area is 199 Å². The molecule has 4 heterocycles. The molecule has 2 N–H and O–H groups in total. The van der Waals surface area contributed by atoms with E-state index in [1.54, 1.807) is 41.5 Å². The van der Waals surface area contributed by atoms with Crippen LogP contribution in [-0.4, -0.2) is 45.1 Å². The number of hydrogen-bond acceptors (Lipinski definition) is 6. The van der Waals surface area contributed by atoms with Crippen molar-refractivity contribution < 1.29 is 13.9 Å². The first-order valence-electron chi connectivity index (χ1n) is 11.0. The lowest BCUT2D eigenvalue weighted by molar-refractivity contribution is 0.0950. The van der Waals surface area contributed by atoms with E-state index in [1.165, 1.54) is 0 Å². The van der Waals surface area contributed by atoms with Gasteiger partial charge < -0.3 is 19.9 Å². The van der Waals surface area contributed by atoms with Gasteiger partial charge in [-0.2, -0.15) is 0 Å². The van der Waals surface area contributed by atoms with Crippen molar-refractivity contribution in [2.24, 2.45) is 7.05 Å². The fourth-order valence-electron chi connectivity index (χ4n) is 4.22. The quantitative estimate of drug-likeness (QED) is 0.352. The Bertz CT molecular complexity index is 1630. The number of aryl methyl sites for hydroxylation is 1. The van der Waals surface area contributed by atoms with Crippen LogP contribution in [0.3, 0.4) is 0 Å². The first-order valence-corrected chi connectivity index (χ1v) is 11.0. The number of carbonyl (C=O) groups excluding carboxylic acids is 1. The molecule has 0 spiro atoms. The molecular formula is C25H23FN6O3. The number of anilines is 1. The first kappa shape index (κ1) is 22.5. The highest BCUT2D eigenvalue weighted by Gasteiger charge is 2.25. The van der Waals surface area contributed by atoms with Gasteiger partial charge in [-0.15, -0.1) is 0 Å². The van der Waals surface area contributed by atoms with Crippen molar-refractivity contribution in [3.05, 3.63) is 82.0 Å². The summed E-state index contributed by atoms with van der Waals surface area (Å²) in [5.41, 5.74) is 2.10. The molecule has 0 aliphatic carbocycles. The molecule has 178 valence electrons. The van der Waals surface area contributed by atoms with Gasteiger partial charge in [0.25, 0.3) is 5.91 Å². The van der Waals surface area contributed by atoms with E-state index in [4.69, 9.17) is 4.74 Å². The minimum Gasteiger partial charge on any atom is -0.383 e. The lowest BCUT2D eigenvalue weighted by atomic mass is 10.1. The number of hydrogen-bond donors (Lipinski definition) is 2. The van der Waals surface area contributed by atoms with Crippen LogP contribution in [0.1, 0.15) is 16.1 Å². The zero-order valence-corrected chi connectivity index (χ0v) is 19.2. The summed E-state index contributed by atoms with van der Waals surface area (Å²) in [5, 5.41) is 5.69. The molecule has 5 rings (SSSR count). The number of aromatic nitrogens is 4. The number of imidazole rings is 1. The van der Waals surface area contributed by atoms with Crippen LogP contribution in [-0.2, 0) is 18.3 Å². The van der Waals surface area contributed by atoms with E-state index in [-0.39, 0.29) is 29.0 Å². The van der Waals surface area contributed by atoms with Crippen molar-refractivity contribution in [2.45, 2.75) is 6.54 Å². The highest BCUT2D eigenvalue weighted by atomic mass is 19.1. The number of benzene rings is 1. The molecule has 9 nitrogen and oxygen atoms in total. The molecule has 0 atom stereocenters. The number of methoxy groups -OCH3 is 1. The number of fused-ring (bicyclic) bond motifs is 5. The molecule has 10 heteroatoms. The smallest absolute Gasteiger partial charge is 0.259 e. The number of rotatable bonds is 7. The normalized spacial score (nSPS) is 11.4. The highest BCUT2D eigenvalue weighted by molar-refractivity contribution is 6.05. The van der Waals surface area contributed by atoms with E-state index < -0.39 is 17.2 Å². The molecule has 35 heavy (non-hydrogen) atoms. The maximum absolute atomic E-state index is 14.9. The van der Waals surface area contributed by atoms with Crippen LogP contribution in [0, 0.1) is 5.82 Å². The number of nitrogens with zero attached hydrogens (tertiary/aromatic N) is 4. The van der Waals surface area contributed by atoms with Gasteiger partial charge in [0.2, 0.25) is 5.43 Å². The molecule has 0 bridgehead atoms. The molecule has 0 aliphatic rings. The summed E-state index contributed by atoms with van der Waals surface area (Å²) in [7, 11) is 3.32. The Morgan fingerprint density at radius 2 is 1.91 bits per heavy atom. The number of halogens is 1. The zero-order valence-electron chi connectivity index (χ0n) is 19.2. The third-order valence-corrected chi connectivity index (χ3v) is 5.86. The van der Waals surface area contributed by atoms with E-state index in [9.17, 15) is 14.0 Å². The van der Waals surface area contributed by atoms with E-state index in [0.29, 0.717) is 24.5 Å². The number of pyridine rings is 3. The number of nitrogens with one attached hydrogen (secondary N) is 2. The molecule has 5 aromatic rings. The number of para-hydroxylation sites is 2. The van der Waals surface area contributed by atoms with Crippen molar-refractivity contribution in [1.82, 2.24) is 24.3 Å². The maximum Gasteiger partial charge on any atom is 0.259 e. The largest absolute Gasteiger partial charge is 0.383 e. The fraction of sp³-hybridized carbons (Fsp3) is 0.200. The number of amides is 1. The zero-order chi connectivity index (χ0) is 24.5. The van der Waals surface area contributed by atoms with E-state index >= 15 is 0 Å². The lowest BCUT2D eigenvalue weighted by Crippen LogP contribution is -2.30. The summed E-state index contributed by atoms with van der Waals surface area (Å²) in [4.78, 5) is 35.6. The molecule has 0 fully saturated rings. The fourth-order valence-corrected chi connectivity index (χ4v) is 4.22. The Morgan fingerprint density at radius 3 is 2.66 bits per heavy atom. The molecule has 0 aliphatic heterocycles. The predicted octanol–water partition coefficient (Wildman–Crippen LogP) is 2.86.